The molecule has 0 spiro atoms. The van der Waals surface area contributed by atoms with Crippen LogP contribution in [0.15, 0.2) is 60.8 Å². The molecule has 3 N–H and O–H groups in total. The van der Waals surface area contributed by atoms with Gasteiger partial charge in [0.25, 0.3) is 5.91 Å². The maximum atomic E-state index is 12.9. The minimum absolute atomic E-state index is 0.171. The van der Waals surface area contributed by atoms with E-state index in [0.29, 0.717) is 39.6 Å². The Morgan fingerprint density at radius 3 is 2.56 bits per heavy atom. The molecule has 0 bridgehead atoms. The highest BCUT2D eigenvalue weighted by atomic mass is 32.1. The average molecular weight is 546 g/mol. The van der Waals surface area contributed by atoms with E-state index in [4.69, 9.17) is 4.74 Å². The van der Waals surface area contributed by atoms with Gasteiger partial charge in [0.05, 0.1) is 12.8 Å². The van der Waals surface area contributed by atoms with Crippen LogP contribution in [0.2, 0.25) is 0 Å². The van der Waals surface area contributed by atoms with Gasteiger partial charge in [0.2, 0.25) is 0 Å². The monoisotopic (exact) mass is 545 g/mol. The number of hydrogen-bond acceptors (Lipinski definition) is 10. The quantitative estimate of drug-likeness (QED) is 0.280. The number of hydrogen-bond donors (Lipinski definition) is 3. The Morgan fingerprint density at radius 2 is 1.82 bits per heavy atom. The second-order valence-corrected chi connectivity index (χ2v) is 10.2. The van der Waals surface area contributed by atoms with Gasteiger partial charge in [-0.15, -0.1) is 0 Å². The van der Waals surface area contributed by atoms with Gasteiger partial charge in [-0.05, 0) is 49.7 Å². The SMILES string of the molecule is Cc1nc(Nc2ncc(C(=O)Nc3ccc(Oc4ccccc4)cc3C)s2)cc(N2CCN(CCO)CC2)n1. The number of nitrogens with zero attached hydrogens (tertiary/aromatic N) is 5. The number of ether oxygens (including phenoxy) is 1. The number of nitrogens with one attached hydrogen (secondary N) is 2. The lowest BCUT2D eigenvalue weighted by atomic mass is 10.2. The fourth-order valence-corrected chi connectivity index (χ4v) is 5.03. The summed E-state index contributed by atoms with van der Waals surface area (Å²) < 4.78 is 5.88. The molecule has 0 atom stereocenters. The normalized spacial score (nSPS) is 13.8. The summed E-state index contributed by atoms with van der Waals surface area (Å²) in [5.41, 5.74) is 1.60. The molecule has 0 saturated carbocycles. The molecule has 0 radical (unpaired) electrons. The van der Waals surface area contributed by atoms with Crippen LogP contribution >= 0.6 is 11.3 Å². The number of benzene rings is 2. The highest BCUT2D eigenvalue weighted by Crippen LogP contribution is 2.28. The van der Waals surface area contributed by atoms with E-state index in [1.54, 1.807) is 6.20 Å². The van der Waals surface area contributed by atoms with Crippen LogP contribution in [-0.4, -0.2) is 70.2 Å². The summed E-state index contributed by atoms with van der Waals surface area (Å²) >= 11 is 1.26. The average Bonchev–Trinajstić information content (AvgIpc) is 3.40. The van der Waals surface area contributed by atoms with Gasteiger partial charge in [0.15, 0.2) is 5.13 Å². The molecule has 1 amide bonds. The smallest absolute Gasteiger partial charge is 0.267 e. The van der Waals surface area contributed by atoms with E-state index in [9.17, 15) is 9.90 Å². The summed E-state index contributed by atoms with van der Waals surface area (Å²) in [6.45, 7) is 8.05. The van der Waals surface area contributed by atoms with Crippen molar-refractivity contribution in [1.82, 2.24) is 19.9 Å². The number of carbonyl (C=O) groups is 1. The highest BCUT2D eigenvalue weighted by Gasteiger charge is 2.19. The van der Waals surface area contributed by atoms with Crippen molar-refractivity contribution in [2.45, 2.75) is 13.8 Å². The maximum absolute atomic E-state index is 12.9. The molecule has 1 aliphatic heterocycles. The lowest BCUT2D eigenvalue weighted by Crippen LogP contribution is -2.47. The fourth-order valence-electron chi connectivity index (χ4n) is 4.31. The molecule has 1 saturated heterocycles. The van der Waals surface area contributed by atoms with E-state index >= 15 is 0 Å². The third-order valence-corrected chi connectivity index (χ3v) is 7.24. The van der Waals surface area contributed by atoms with Crippen molar-refractivity contribution in [3.63, 3.8) is 0 Å². The second-order valence-electron chi connectivity index (χ2n) is 9.21. The van der Waals surface area contributed by atoms with Gasteiger partial charge in [0.1, 0.15) is 33.8 Å². The van der Waals surface area contributed by atoms with Crippen molar-refractivity contribution < 1.29 is 14.6 Å². The van der Waals surface area contributed by atoms with Crippen molar-refractivity contribution in [2.75, 3.05) is 54.9 Å². The number of aromatic nitrogens is 3. The van der Waals surface area contributed by atoms with Crippen LogP contribution in [0.5, 0.6) is 11.5 Å². The number of thiazole rings is 1. The van der Waals surface area contributed by atoms with Gasteiger partial charge in [-0.25, -0.2) is 15.0 Å². The number of β-amino-alcohol motifs (C(OH)–C–C–N with tert-alkyl or cyclic N) is 1. The molecule has 4 aromatic rings. The van der Waals surface area contributed by atoms with E-state index < -0.39 is 0 Å². The van der Waals surface area contributed by atoms with Gasteiger partial charge in [-0.3, -0.25) is 9.69 Å². The number of aryl methyl sites for hydroxylation is 2. The first-order valence-electron chi connectivity index (χ1n) is 12.8. The van der Waals surface area contributed by atoms with Crippen LogP contribution in [0.25, 0.3) is 0 Å². The first kappa shape index (κ1) is 26.5. The minimum Gasteiger partial charge on any atom is -0.457 e. The summed E-state index contributed by atoms with van der Waals surface area (Å²) in [5, 5.41) is 15.9. The summed E-state index contributed by atoms with van der Waals surface area (Å²) in [5.74, 6) is 3.34. The van der Waals surface area contributed by atoms with Gasteiger partial charge >= 0.3 is 0 Å². The Balaban J connectivity index is 1.21. The van der Waals surface area contributed by atoms with E-state index in [1.165, 1.54) is 11.3 Å². The molecule has 11 heteroatoms. The molecular weight excluding hydrogens is 514 g/mol. The van der Waals surface area contributed by atoms with Crippen LogP contribution in [0.3, 0.4) is 0 Å². The van der Waals surface area contributed by atoms with E-state index in [0.717, 1.165) is 43.3 Å². The molecule has 39 heavy (non-hydrogen) atoms. The molecule has 1 fully saturated rings. The van der Waals surface area contributed by atoms with E-state index in [-0.39, 0.29) is 12.5 Å². The fraction of sp³-hybridized carbons (Fsp3) is 0.286. The molecule has 2 aromatic heterocycles. The van der Waals surface area contributed by atoms with Crippen molar-refractivity contribution in [3.05, 3.63) is 77.1 Å². The summed E-state index contributed by atoms with van der Waals surface area (Å²) in [7, 11) is 0. The van der Waals surface area contributed by atoms with Gasteiger partial charge in [0, 0.05) is 44.5 Å². The largest absolute Gasteiger partial charge is 0.457 e. The maximum Gasteiger partial charge on any atom is 0.267 e. The van der Waals surface area contributed by atoms with Crippen molar-refractivity contribution >= 4 is 39.7 Å². The molecule has 0 aliphatic carbocycles. The number of carbonyl (C=O) groups excluding carboxylic acids is 1. The van der Waals surface area contributed by atoms with Crippen LogP contribution in [-0.2, 0) is 0 Å². The number of aliphatic hydroxyl groups is 1. The Labute approximate surface area is 231 Å². The van der Waals surface area contributed by atoms with Crippen LogP contribution in [0, 0.1) is 13.8 Å². The summed E-state index contributed by atoms with van der Waals surface area (Å²) in [4.78, 5) is 31.4. The van der Waals surface area contributed by atoms with E-state index in [1.807, 2.05) is 68.4 Å². The van der Waals surface area contributed by atoms with Gasteiger partial charge < -0.3 is 25.4 Å². The zero-order valence-corrected chi connectivity index (χ0v) is 22.7. The third-order valence-electron chi connectivity index (χ3n) is 6.33. The van der Waals surface area contributed by atoms with Crippen LogP contribution < -0.4 is 20.3 Å². The van der Waals surface area contributed by atoms with Crippen LogP contribution in [0.1, 0.15) is 21.1 Å². The van der Waals surface area contributed by atoms with Crippen LogP contribution in [0.4, 0.5) is 22.5 Å². The van der Waals surface area contributed by atoms with Gasteiger partial charge in [-0.1, -0.05) is 29.5 Å². The number of piperazine rings is 1. The van der Waals surface area contributed by atoms with Crippen molar-refractivity contribution in [1.29, 1.82) is 0 Å². The lowest BCUT2D eigenvalue weighted by molar-refractivity contribution is 0.103. The lowest BCUT2D eigenvalue weighted by Gasteiger charge is -2.35. The zero-order chi connectivity index (χ0) is 27.2. The van der Waals surface area contributed by atoms with Crippen molar-refractivity contribution in [2.24, 2.45) is 0 Å². The summed E-state index contributed by atoms with van der Waals surface area (Å²) in [6, 6.07) is 17.0. The number of anilines is 4. The first-order chi connectivity index (χ1) is 19.0. The third kappa shape index (κ3) is 6.88. The van der Waals surface area contributed by atoms with Gasteiger partial charge in [-0.2, -0.15) is 0 Å². The predicted octanol–water partition coefficient (Wildman–Crippen LogP) is 4.45. The minimum atomic E-state index is -0.235. The van der Waals surface area contributed by atoms with Crippen molar-refractivity contribution in [3.8, 4) is 11.5 Å². The second kappa shape index (κ2) is 12.2. The molecule has 1 aliphatic rings. The molecule has 3 heterocycles. The number of rotatable bonds is 9. The number of aliphatic hydroxyl groups excluding tert-OH is 1. The predicted molar refractivity (Wildman–Crippen MR) is 154 cm³/mol. The Bertz CT molecular complexity index is 1420. The molecule has 2 aromatic carbocycles. The molecule has 0 unspecified atom stereocenters. The first-order valence-corrected chi connectivity index (χ1v) is 13.6. The Morgan fingerprint density at radius 1 is 1.03 bits per heavy atom. The molecule has 5 rings (SSSR count). The Hall–Kier alpha value is -4.06. The Kier molecular flexibility index (Phi) is 8.30. The standard InChI is InChI=1S/C28H31N7O3S/c1-19-16-22(38-21-6-4-3-5-7-21)8-9-23(19)32-27(37)24-18-29-28(39-24)33-25-17-26(31-20(2)30-25)35-12-10-34(11-13-35)14-15-36/h3-9,16-18,36H,10-15H2,1-2H3,(H,32,37)(H,29,30,31,33). The zero-order valence-electron chi connectivity index (χ0n) is 21.9. The topological polar surface area (TPSA) is 116 Å². The molecular formula is C28H31N7O3S. The summed E-state index contributed by atoms with van der Waals surface area (Å²) in [6.07, 6.45) is 1.56. The number of amides is 1. The highest BCUT2D eigenvalue weighted by molar-refractivity contribution is 7.17. The molecule has 10 nitrogen and oxygen atoms in total. The molecule has 202 valence electrons. The van der Waals surface area contributed by atoms with E-state index in [2.05, 4.69) is 35.4 Å². The number of para-hydroxylation sites is 1.